The highest BCUT2D eigenvalue weighted by atomic mass is 32.1. The molecule has 174 valence electrons. The molecule has 0 aromatic carbocycles. The minimum absolute atomic E-state index is 0.00435. The number of rotatable bonds is 8. The van der Waals surface area contributed by atoms with E-state index in [2.05, 4.69) is 36.2 Å². The topological polar surface area (TPSA) is 253 Å². The second-order valence-electron chi connectivity index (χ2n) is 5.95. The van der Waals surface area contributed by atoms with E-state index in [9.17, 15) is 33.4 Å². The summed E-state index contributed by atoms with van der Waals surface area (Å²) in [6, 6.07) is 0. The van der Waals surface area contributed by atoms with Crippen molar-refractivity contribution in [3.8, 4) is 0 Å². The Morgan fingerprint density at radius 2 is 1.84 bits per heavy atom. The van der Waals surface area contributed by atoms with E-state index in [0.717, 1.165) is 17.2 Å². The zero-order chi connectivity index (χ0) is 23.2. The van der Waals surface area contributed by atoms with E-state index >= 15 is 0 Å². The van der Waals surface area contributed by atoms with Gasteiger partial charge in [-0.1, -0.05) is 0 Å². The van der Waals surface area contributed by atoms with Gasteiger partial charge in [-0.3, -0.25) is 13.9 Å². The van der Waals surface area contributed by atoms with Crippen molar-refractivity contribution in [2.24, 2.45) is 0 Å². The number of thiol groups is 1. The smallest absolute Gasteiger partial charge is 0.386 e. The first-order valence-corrected chi connectivity index (χ1v) is 13.1. The Kier molecular flexibility index (Phi) is 6.97. The SMILES string of the molecule is O=c1[nH]cnc2c1ncn2[C@@H]1O[C@H](CS)[C@@H](OP(=O)(O)OP(=O)(O)OP(=O)(O)O)[C@H]1O. The van der Waals surface area contributed by atoms with Crippen LogP contribution in [0, 0.1) is 0 Å². The molecule has 2 unspecified atom stereocenters. The van der Waals surface area contributed by atoms with Gasteiger partial charge in [0.1, 0.15) is 12.2 Å². The third-order valence-electron chi connectivity index (χ3n) is 3.80. The highest BCUT2D eigenvalue weighted by Gasteiger charge is 2.50. The van der Waals surface area contributed by atoms with E-state index < -0.39 is 53.6 Å². The van der Waals surface area contributed by atoms with Gasteiger partial charge in [0.25, 0.3) is 5.56 Å². The van der Waals surface area contributed by atoms with Crippen LogP contribution in [-0.4, -0.2) is 68.3 Å². The predicted molar refractivity (Wildman–Crippen MR) is 101 cm³/mol. The molecule has 0 bridgehead atoms. The number of aromatic nitrogens is 4. The van der Waals surface area contributed by atoms with Gasteiger partial charge in [0.2, 0.25) is 0 Å². The fourth-order valence-corrected chi connectivity index (χ4v) is 6.25. The zero-order valence-electron chi connectivity index (χ0n) is 14.8. The monoisotopic (exact) mass is 524 g/mol. The van der Waals surface area contributed by atoms with Gasteiger partial charge in [0.05, 0.1) is 18.8 Å². The lowest BCUT2D eigenvalue weighted by Crippen LogP contribution is -2.34. The molecule has 6 atom stereocenters. The first kappa shape index (κ1) is 24.7. The number of imidazole rings is 1. The lowest BCUT2D eigenvalue weighted by Gasteiger charge is -2.23. The van der Waals surface area contributed by atoms with Crippen LogP contribution in [-0.2, 0) is 31.6 Å². The summed E-state index contributed by atoms with van der Waals surface area (Å²) in [4.78, 5) is 57.9. The molecule has 0 radical (unpaired) electrons. The fraction of sp³-hybridized carbons (Fsp3) is 0.500. The van der Waals surface area contributed by atoms with Gasteiger partial charge < -0.3 is 34.4 Å². The maximum absolute atomic E-state index is 12.1. The molecule has 21 heteroatoms. The van der Waals surface area contributed by atoms with E-state index in [-0.39, 0.29) is 16.9 Å². The van der Waals surface area contributed by atoms with Crippen LogP contribution in [0.5, 0.6) is 0 Å². The van der Waals surface area contributed by atoms with Crippen molar-refractivity contribution >= 4 is 47.3 Å². The second-order valence-corrected chi connectivity index (χ2v) is 10.7. The number of phosphoric ester groups is 1. The van der Waals surface area contributed by atoms with Gasteiger partial charge in [-0.25, -0.2) is 23.7 Å². The van der Waals surface area contributed by atoms with Crippen LogP contribution < -0.4 is 5.56 Å². The highest BCUT2D eigenvalue weighted by Crippen LogP contribution is 2.67. The van der Waals surface area contributed by atoms with Crippen molar-refractivity contribution in [3.05, 3.63) is 23.0 Å². The average molecular weight is 524 g/mol. The minimum atomic E-state index is -5.75. The molecule has 1 saturated heterocycles. The molecule has 6 N–H and O–H groups in total. The molecule has 1 fully saturated rings. The number of fused-ring (bicyclic) bond motifs is 1. The number of hydrogen-bond acceptors (Lipinski definition) is 12. The van der Waals surface area contributed by atoms with E-state index in [1.54, 1.807) is 0 Å². The minimum Gasteiger partial charge on any atom is -0.386 e. The van der Waals surface area contributed by atoms with Crippen molar-refractivity contribution in [2.75, 3.05) is 5.75 Å². The number of aliphatic hydroxyl groups excluding tert-OH is 1. The number of aliphatic hydroxyl groups is 1. The summed E-state index contributed by atoms with van der Waals surface area (Å²) in [7, 11) is -16.9. The van der Waals surface area contributed by atoms with E-state index in [1.807, 2.05) is 0 Å². The van der Waals surface area contributed by atoms with Crippen molar-refractivity contribution < 1.29 is 56.3 Å². The number of phosphoric acid groups is 3. The molecular formula is C10H15N4O13P3S. The molecule has 0 spiro atoms. The number of nitrogens with one attached hydrogen (secondary N) is 1. The Hall–Kier alpha value is -0.970. The molecule has 0 saturated carbocycles. The summed E-state index contributed by atoms with van der Waals surface area (Å²) in [5.74, 6) is -0.186. The molecule has 1 aliphatic rings. The molecule has 1 aliphatic heterocycles. The van der Waals surface area contributed by atoms with Gasteiger partial charge in [-0.15, -0.1) is 0 Å². The maximum atomic E-state index is 12.1. The van der Waals surface area contributed by atoms with Gasteiger partial charge in [0, 0.05) is 5.75 Å². The average Bonchev–Trinajstić information content (AvgIpc) is 3.14. The quantitative estimate of drug-likeness (QED) is 0.162. The Morgan fingerprint density at radius 3 is 2.45 bits per heavy atom. The Bertz CT molecular complexity index is 1160. The van der Waals surface area contributed by atoms with Crippen LogP contribution in [0.4, 0.5) is 0 Å². The summed E-state index contributed by atoms with van der Waals surface area (Å²) in [5.41, 5.74) is -0.659. The molecule has 0 amide bonds. The van der Waals surface area contributed by atoms with Crippen LogP contribution in [0.2, 0.25) is 0 Å². The molecule has 3 rings (SSSR count). The van der Waals surface area contributed by atoms with Gasteiger partial charge in [-0.05, 0) is 0 Å². The highest BCUT2D eigenvalue weighted by molar-refractivity contribution is 7.80. The Labute approximate surface area is 176 Å². The number of hydrogen-bond donors (Lipinski definition) is 7. The number of nitrogens with zero attached hydrogens (tertiary/aromatic N) is 3. The molecule has 0 aliphatic carbocycles. The van der Waals surface area contributed by atoms with Gasteiger partial charge in [0.15, 0.2) is 17.4 Å². The summed E-state index contributed by atoms with van der Waals surface area (Å²) in [5, 5.41) is 10.6. The third-order valence-corrected chi connectivity index (χ3v) is 8.00. The van der Waals surface area contributed by atoms with Crippen molar-refractivity contribution in [3.63, 3.8) is 0 Å². The van der Waals surface area contributed by atoms with Crippen molar-refractivity contribution in [2.45, 2.75) is 24.5 Å². The Morgan fingerprint density at radius 1 is 1.16 bits per heavy atom. The molecule has 31 heavy (non-hydrogen) atoms. The first-order chi connectivity index (χ1) is 14.2. The summed E-state index contributed by atoms with van der Waals surface area (Å²) in [6.45, 7) is 0. The molecular weight excluding hydrogens is 509 g/mol. The number of ether oxygens (including phenoxy) is 1. The lowest BCUT2D eigenvalue weighted by molar-refractivity contribution is -0.0288. The summed E-state index contributed by atoms with van der Waals surface area (Å²) < 4.78 is 52.9. The molecule has 2 aromatic rings. The van der Waals surface area contributed by atoms with E-state index in [1.165, 1.54) is 0 Å². The predicted octanol–water partition coefficient (Wildman–Crippen LogP) is -0.980. The first-order valence-electron chi connectivity index (χ1n) is 7.90. The number of H-pyrrole nitrogens is 1. The normalized spacial score (nSPS) is 28.5. The van der Waals surface area contributed by atoms with Crippen LogP contribution in [0.25, 0.3) is 11.2 Å². The Balaban J connectivity index is 1.83. The molecule has 3 heterocycles. The van der Waals surface area contributed by atoms with Gasteiger partial charge >= 0.3 is 23.5 Å². The van der Waals surface area contributed by atoms with Crippen LogP contribution in [0.3, 0.4) is 0 Å². The second kappa shape index (κ2) is 8.76. The lowest BCUT2D eigenvalue weighted by atomic mass is 10.1. The van der Waals surface area contributed by atoms with E-state index in [4.69, 9.17) is 19.0 Å². The maximum Gasteiger partial charge on any atom is 0.490 e. The van der Waals surface area contributed by atoms with Gasteiger partial charge in [-0.2, -0.15) is 21.3 Å². The zero-order valence-corrected chi connectivity index (χ0v) is 18.4. The molecule has 2 aromatic heterocycles. The largest absolute Gasteiger partial charge is 0.490 e. The van der Waals surface area contributed by atoms with Crippen LogP contribution >= 0.6 is 36.1 Å². The van der Waals surface area contributed by atoms with E-state index in [0.29, 0.717) is 0 Å². The van der Waals surface area contributed by atoms with Crippen molar-refractivity contribution in [1.29, 1.82) is 0 Å². The van der Waals surface area contributed by atoms with Crippen LogP contribution in [0.15, 0.2) is 17.4 Å². The fourth-order valence-electron chi connectivity index (χ4n) is 2.73. The number of aromatic amines is 1. The summed E-state index contributed by atoms with van der Waals surface area (Å²) in [6.07, 6.45) is -3.76. The standard InChI is InChI=1S/C10H15N4O13P3S/c15-6-7(25-29(20,21)27-30(22,23)26-28(17,18)19)4(1-31)24-10(6)14-3-13-5-8(14)11-2-12-9(5)16/h2-4,6-7,10,15,31H,1H2,(H,20,21)(H,22,23)(H,11,12,16)(H2,17,18,19)/t4-,6-,7-,10-/m1/s1. The summed E-state index contributed by atoms with van der Waals surface area (Å²) >= 11 is 3.98. The molecule has 17 nitrogen and oxygen atoms in total. The third kappa shape index (κ3) is 5.69. The van der Waals surface area contributed by atoms with Crippen molar-refractivity contribution in [1.82, 2.24) is 19.5 Å². The van der Waals surface area contributed by atoms with Crippen LogP contribution in [0.1, 0.15) is 6.23 Å².